The molecule has 0 aromatic heterocycles. The van der Waals surface area contributed by atoms with Crippen molar-refractivity contribution in [1.82, 2.24) is 0 Å². The molecule has 0 atom stereocenters. The third-order valence-electron chi connectivity index (χ3n) is 21.9. The van der Waals surface area contributed by atoms with Crippen molar-refractivity contribution < 1.29 is 0 Å². The fourth-order valence-electron chi connectivity index (χ4n) is 16.6. The molecule has 0 spiro atoms. The molecular weight excluding hydrogens is 1300 g/mol. The zero-order valence-corrected chi connectivity index (χ0v) is 59.3. The van der Waals surface area contributed by atoms with Crippen LogP contribution in [-0.4, -0.2) is 0 Å². The van der Waals surface area contributed by atoms with Crippen molar-refractivity contribution in [3.05, 3.63) is 425 Å². The average Bonchev–Trinajstić information content (AvgIpc) is 0.746. The van der Waals surface area contributed by atoms with Crippen LogP contribution in [-0.2, 0) is 0 Å². The van der Waals surface area contributed by atoms with Crippen molar-refractivity contribution >= 4 is 110 Å². The third kappa shape index (κ3) is 11.8. The van der Waals surface area contributed by atoms with Gasteiger partial charge < -0.3 is 9.80 Å². The fraction of sp³-hybridized carbons (Fsp3) is 0. The van der Waals surface area contributed by atoms with Crippen LogP contribution in [0.2, 0.25) is 0 Å². The van der Waals surface area contributed by atoms with E-state index < -0.39 is 0 Å². The Kier molecular flexibility index (Phi) is 16.0. The van der Waals surface area contributed by atoms with E-state index in [1.54, 1.807) is 0 Å². The number of nitrogens with zero attached hydrogens (tertiary/aromatic N) is 2. The van der Waals surface area contributed by atoms with Gasteiger partial charge in [-0.2, -0.15) is 0 Å². The summed E-state index contributed by atoms with van der Waals surface area (Å²) in [5, 5.41) is 17.3. The van der Waals surface area contributed by atoms with E-state index in [9.17, 15) is 0 Å². The third-order valence-corrected chi connectivity index (χ3v) is 21.9. The number of rotatable bonds is 14. The molecule has 0 unspecified atom stereocenters. The summed E-state index contributed by atoms with van der Waals surface area (Å²) in [4.78, 5) is 4.86. The molecule has 0 bridgehead atoms. The minimum Gasteiger partial charge on any atom is -0.310 e. The summed E-state index contributed by atoms with van der Waals surface area (Å²) in [6.45, 7) is 0. The van der Waals surface area contributed by atoms with E-state index in [1.807, 2.05) is 0 Å². The van der Waals surface area contributed by atoms with Gasteiger partial charge in [0.15, 0.2) is 0 Å². The predicted molar refractivity (Wildman–Crippen MR) is 462 cm³/mol. The van der Waals surface area contributed by atoms with E-state index in [-0.39, 0.29) is 0 Å². The minimum absolute atomic E-state index is 1.06. The summed E-state index contributed by atoms with van der Waals surface area (Å²) in [5.41, 5.74) is 25.1. The van der Waals surface area contributed by atoms with Crippen LogP contribution in [0.1, 0.15) is 0 Å². The Labute approximate surface area is 628 Å². The van der Waals surface area contributed by atoms with Gasteiger partial charge >= 0.3 is 0 Å². The first-order valence-corrected chi connectivity index (χ1v) is 37.2. The van der Waals surface area contributed by atoms with Gasteiger partial charge in [-0.3, -0.25) is 0 Å². The van der Waals surface area contributed by atoms with E-state index in [0.29, 0.717) is 0 Å². The van der Waals surface area contributed by atoms with Crippen LogP contribution in [0.15, 0.2) is 425 Å². The summed E-state index contributed by atoms with van der Waals surface area (Å²) < 4.78 is 0. The van der Waals surface area contributed by atoms with Crippen LogP contribution < -0.4 is 9.80 Å². The van der Waals surface area contributed by atoms with Crippen LogP contribution in [0.3, 0.4) is 0 Å². The first kappa shape index (κ1) is 63.5. The van der Waals surface area contributed by atoms with Crippen molar-refractivity contribution in [2.45, 2.75) is 0 Å². The van der Waals surface area contributed by atoms with Crippen LogP contribution >= 0.6 is 0 Å². The molecule has 0 saturated carbocycles. The lowest BCUT2D eigenvalue weighted by Gasteiger charge is -2.29. The molecule has 108 heavy (non-hydrogen) atoms. The molecular formula is C106H70N2. The molecule has 0 aliphatic carbocycles. The number of fused-ring (bicyclic) bond motifs is 11. The van der Waals surface area contributed by atoms with Crippen LogP contribution in [0.25, 0.3) is 164 Å². The quantitative estimate of drug-likeness (QED) is 0.100. The molecule has 0 saturated heterocycles. The van der Waals surface area contributed by atoms with Gasteiger partial charge in [0.25, 0.3) is 0 Å². The first-order valence-electron chi connectivity index (χ1n) is 37.2. The standard InChI is InChI=1S/C106H70N2/c1-4-19-71(20-5-1)75-49-56-92(57-50-75)107(94-33-15-30-84(66-94)86-46-39-74-25-10-11-27-81(74)63-86)95-34-16-31-85(67-95)87-54-60-99-90(65-87)48-45-80-53-61-100-97(37-18-38-101(100)105(80)99)89-32-14-28-82(64-89)83-29-17-35-96(68-83)108(93-58-51-76(52-59-93)72-21-6-2-7-22-72)104-62-55-88(73-23-8-3-9-24-73)69-102(104)91-47-42-78-41-44-79-43-40-77-26-12-13-36-98(77)106(79)103(78)70-91/h1-70H. The second-order valence-corrected chi connectivity index (χ2v) is 28.3. The molecule has 0 heterocycles. The highest BCUT2D eigenvalue weighted by Crippen LogP contribution is 2.48. The monoisotopic (exact) mass is 1370 g/mol. The van der Waals surface area contributed by atoms with Gasteiger partial charge in [-0.05, 0) is 256 Å². The molecule has 2 heteroatoms. The van der Waals surface area contributed by atoms with E-state index in [4.69, 9.17) is 0 Å². The lowest BCUT2D eigenvalue weighted by molar-refractivity contribution is 1.28. The molecule has 0 aliphatic rings. The molecule has 0 aliphatic heterocycles. The number of hydrogen-bond acceptors (Lipinski definition) is 2. The van der Waals surface area contributed by atoms with E-state index >= 15 is 0 Å². The lowest BCUT2D eigenvalue weighted by atomic mass is 9.90. The summed E-state index contributed by atoms with van der Waals surface area (Å²) >= 11 is 0. The maximum atomic E-state index is 2.46. The maximum Gasteiger partial charge on any atom is 0.0540 e. The number of hydrogen-bond donors (Lipinski definition) is 0. The summed E-state index contributed by atoms with van der Waals surface area (Å²) in [6, 6.07) is 157. The normalized spacial score (nSPS) is 11.5. The number of anilines is 6. The van der Waals surface area contributed by atoms with Gasteiger partial charge in [-0.1, -0.05) is 328 Å². The average molecular weight is 1370 g/mol. The highest BCUT2D eigenvalue weighted by Gasteiger charge is 2.23. The minimum atomic E-state index is 1.06. The second-order valence-electron chi connectivity index (χ2n) is 28.3. The van der Waals surface area contributed by atoms with Gasteiger partial charge in [-0.25, -0.2) is 0 Å². The molecule has 20 aromatic carbocycles. The molecule has 0 fully saturated rings. The molecule has 20 rings (SSSR count). The Bertz CT molecular complexity index is 6840. The summed E-state index contributed by atoms with van der Waals surface area (Å²) in [6.07, 6.45) is 0. The molecule has 20 aromatic rings. The Morgan fingerprint density at radius 2 is 0.481 bits per heavy atom. The SMILES string of the molecule is c1ccc(-c2ccc(N(c3cccc(-c4ccc5ccccc5c4)c3)c3cccc(-c4ccc5c(ccc6ccc7c(-c8cccc(-c9cccc(N(c%10ccc(-c%11ccccc%11)cc%10)c%10ccc(-c%11ccccc%11)cc%10-c%10ccc%11ccc%12ccc%13ccccc%13c%12c%11c%10)c9)c8)cccc7c65)c4)c3)cc2)cc1. The van der Waals surface area contributed by atoms with E-state index in [2.05, 4.69) is 434 Å². The maximum absolute atomic E-state index is 2.46. The molecule has 2 nitrogen and oxygen atoms in total. The summed E-state index contributed by atoms with van der Waals surface area (Å²) in [7, 11) is 0. The van der Waals surface area contributed by atoms with Crippen molar-refractivity contribution in [3.63, 3.8) is 0 Å². The predicted octanol–water partition coefficient (Wildman–Crippen LogP) is 30.0. The highest BCUT2D eigenvalue weighted by atomic mass is 15.1. The van der Waals surface area contributed by atoms with E-state index in [1.165, 1.54) is 120 Å². The molecule has 504 valence electrons. The Hall–Kier alpha value is -14.2. The smallest absolute Gasteiger partial charge is 0.0540 e. The fourth-order valence-corrected chi connectivity index (χ4v) is 16.6. The van der Waals surface area contributed by atoms with Crippen molar-refractivity contribution in [2.24, 2.45) is 0 Å². The van der Waals surface area contributed by atoms with E-state index in [0.717, 1.165) is 78.6 Å². The highest BCUT2D eigenvalue weighted by molar-refractivity contribution is 6.23. The molecule has 0 amide bonds. The van der Waals surface area contributed by atoms with Crippen molar-refractivity contribution in [3.8, 4) is 89.0 Å². The van der Waals surface area contributed by atoms with Crippen LogP contribution in [0.5, 0.6) is 0 Å². The Morgan fingerprint density at radius 3 is 1.12 bits per heavy atom. The zero-order valence-electron chi connectivity index (χ0n) is 59.3. The van der Waals surface area contributed by atoms with Gasteiger partial charge in [0.1, 0.15) is 0 Å². The Balaban J connectivity index is 0.666. The van der Waals surface area contributed by atoms with Gasteiger partial charge in [0.2, 0.25) is 0 Å². The van der Waals surface area contributed by atoms with Gasteiger partial charge in [-0.15, -0.1) is 0 Å². The number of benzene rings is 20. The van der Waals surface area contributed by atoms with Crippen LogP contribution in [0.4, 0.5) is 34.1 Å². The topological polar surface area (TPSA) is 6.48 Å². The zero-order chi connectivity index (χ0) is 71.4. The Morgan fingerprint density at radius 1 is 0.130 bits per heavy atom. The lowest BCUT2D eigenvalue weighted by Crippen LogP contribution is -2.11. The molecule has 0 radical (unpaired) electrons. The molecule has 0 N–H and O–H groups in total. The van der Waals surface area contributed by atoms with Crippen molar-refractivity contribution in [2.75, 3.05) is 9.80 Å². The van der Waals surface area contributed by atoms with Gasteiger partial charge in [0, 0.05) is 34.0 Å². The second kappa shape index (κ2) is 27.1. The summed E-state index contributed by atoms with van der Waals surface area (Å²) in [5.74, 6) is 0. The van der Waals surface area contributed by atoms with Crippen LogP contribution in [0, 0.1) is 0 Å². The first-order chi connectivity index (χ1) is 53.5. The largest absolute Gasteiger partial charge is 0.310 e. The van der Waals surface area contributed by atoms with Gasteiger partial charge in [0.05, 0.1) is 5.69 Å². The van der Waals surface area contributed by atoms with Crippen molar-refractivity contribution in [1.29, 1.82) is 0 Å².